The Balaban J connectivity index is 1.63. The average Bonchev–Trinajstić information content (AvgIpc) is 3.18. The zero-order chi connectivity index (χ0) is 18.4. The van der Waals surface area contributed by atoms with Crippen LogP contribution in [-0.2, 0) is 0 Å². The largest absolute Gasteiger partial charge is 0.497 e. The first-order chi connectivity index (χ1) is 12.7. The number of amides is 1. The van der Waals surface area contributed by atoms with Crippen molar-refractivity contribution in [2.24, 2.45) is 0 Å². The number of hydrogen-bond acceptors (Lipinski definition) is 4. The van der Waals surface area contributed by atoms with Crippen molar-refractivity contribution in [2.75, 3.05) is 32.1 Å². The number of aromatic nitrogens is 2. The van der Waals surface area contributed by atoms with Crippen LogP contribution in [0.25, 0.3) is 11.3 Å². The topological polar surface area (TPSA) is 70.2 Å². The molecule has 26 heavy (non-hydrogen) atoms. The van der Waals surface area contributed by atoms with Gasteiger partial charge in [-0.1, -0.05) is 30.3 Å². The second-order valence-corrected chi connectivity index (χ2v) is 5.90. The van der Waals surface area contributed by atoms with Gasteiger partial charge in [0.2, 0.25) is 0 Å². The monoisotopic (exact) mass is 350 g/mol. The van der Waals surface area contributed by atoms with Crippen molar-refractivity contribution in [3.8, 4) is 17.0 Å². The molecule has 1 aromatic heterocycles. The summed E-state index contributed by atoms with van der Waals surface area (Å²) < 4.78 is 5.25. The predicted molar refractivity (Wildman–Crippen MR) is 103 cm³/mol. The van der Waals surface area contributed by atoms with Gasteiger partial charge in [0.25, 0.3) is 5.91 Å². The summed E-state index contributed by atoms with van der Waals surface area (Å²) in [6.45, 7) is 1.25. The van der Waals surface area contributed by atoms with Gasteiger partial charge in [0, 0.05) is 31.4 Å². The number of carbonyl (C=O) groups is 1. The number of benzene rings is 2. The second kappa shape index (κ2) is 8.20. The number of anilines is 1. The maximum Gasteiger partial charge on any atom is 0.255 e. The van der Waals surface area contributed by atoms with E-state index in [0.29, 0.717) is 24.3 Å². The number of ether oxygens (including phenoxy) is 1. The summed E-state index contributed by atoms with van der Waals surface area (Å²) >= 11 is 0. The summed E-state index contributed by atoms with van der Waals surface area (Å²) in [6.07, 6.45) is 1.55. The van der Waals surface area contributed by atoms with E-state index < -0.39 is 0 Å². The van der Waals surface area contributed by atoms with Gasteiger partial charge >= 0.3 is 0 Å². The van der Waals surface area contributed by atoms with Crippen LogP contribution in [0.4, 0.5) is 5.69 Å². The minimum atomic E-state index is -0.155. The number of hydrogen-bond donors (Lipinski definition) is 2. The van der Waals surface area contributed by atoms with E-state index in [1.54, 1.807) is 13.3 Å². The van der Waals surface area contributed by atoms with Crippen molar-refractivity contribution in [3.05, 3.63) is 66.4 Å². The van der Waals surface area contributed by atoms with E-state index in [0.717, 1.165) is 17.0 Å². The third-order valence-corrected chi connectivity index (χ3v) is 4.17. The van der Waals surface area contributed by atoms with Gasteiger partial charge in [-0.3, -0.25) is 9.89 Å². The minimum absolute atomic E-state index is 0.155. The molecule has 6 nitrogen and oxygen atoms in total. The Bertz CT molecular complexity index is 861. The van der Waals surface area contributed by atoms with Gasteiger partial charge in [-0.2, -0.15) is 5.10 Å². The first kappa shape index (κ1) is 17.5. The highest BCUT2D eigenvalue weighted by atomic mass is 16.5. The number of H-pyrrole nitrogens is 1. The number of rotatable bonds is 7. The number of likely N-dealkylation sites (N-methyl/N-ethyl adjacent to an activating group) is 1. The number of methoxy groups -OCH3 is 1. The van der Waals surface area contributed by atoms with Gasteiger partial charge in [-0.25, -0.2) is 0 Å². The SMILES string of the molecule is COc1cccc(-c2[nH]ncc2C(=O)NCCN(C)c2ccccc2)c1. The lowest BCUT2D eigenvalue weighted by molar-refractivity contribution is 0.0955. The van der Waals surface area contributed by atoms with Crippen molar-refractivity contribution in [3.63, 3.8) is 0 Å². The molecule has 2 N–H and O–H groups in total. The molecule has 0 saturated heterocycles. The zero-order valence-electron chi connectivity index (χ0n) is 14.9. The lowest BCUT2D eigenvalue weighted by atomic mass is 10.1. The number of nitrogens with zero attached hydrogens (tertiary/aromatic N) is 2. The molecule has 1 heterocycles. The van der Waals surface area contributed by atoms with E-state index >= 15 is 0 Å². The maximum atomic E-state index is 12.6. The summed E-state index contributed by atoms with van der Waals surface area (Å²) in [4.78, 5) is 14.6. The molecular formula is C20H22N4O2. The Hall–Kier alpha value is -3.28. The van der Waals surface area contributed by atoms with Crippen molar-refractivity contribution in [1.29, 1.82) is 0 Å². The summed E-state index contributed by atoms with van der Waals surface area (Å²) in [5.41, 5.74) is 3.16. The van der Waals surface area contributed by atoms with Crippen LogP contribution in [0.15, 0.2) is 60.8 Å². The molecule has 2 aromatic carbocycles. The fourth-order valence-corrected chi connectivity index (χ4v) is 2.70. The van der Waals surface area contributed by atoms with Crippen molar-refractivity contribution >= 4 is 11.6 Å². The Morgan fingerprint density at radius 1 is 1.19 bits per heavy atom. The van der Waals surface area contributed by atoms with Crippen LogP contribution in [0, 0.1) is 0 Å². The van der Waals surface area contributed by atoms with Crippen LogP contribution in [0.3, 0.4) is 0 Å². The zero-order valence-corrected chi connectivity index (χ0v) is 14.9. The maximum absolute atomic E-state index is 12.6. The molecule has 6 heteroatoms. The standard InChI is InChI=1S/C20H22N4O2/c1-24(16-8-4-3-5-9-16)12-11-21-20(25)18-14-22-23-19(18)15-7-6-10-17(13-15)26-2/h3-10,13-14H,11-12H2,1-2H3,(H,21,25)(H,22,23). The number of nitrogens with one attached hydrogen (secondary N) is 2. The van der Waals surface area contributed by atoms with Gasteiger partial charge in [-0.15, -0.1) is 0 Å². The smallest absolute Gasteiger partial charge is 0.255 e. The lowest BCUT2D eigenvalue weighted by Crippen LogP contribution is -2.33. The van der Waals surface area contributed by atoms with Crippen LogP contribution in [0.5, 0.6) is 5.75 Å². The molecule has 0 atom stereocenters. The third-order valence-electron chi connectivity index (χ3n) is 4.17. The summed E-state index contributed by atoms with van der Waals surface area (Å²) in [6, 6.07) is 17.6. The van der Waals surface area contributed by atoms with Gasteiger partial charge in [0.1, 0.15) is 5.75 Å². The molecule has 0 saturated carbocycles. The van der Waals surface area contributed by atoms with Crippen molar-refractivity contribution in [2.45, 2.75) is 0 Å². The van der Waals surface area contributed by atoms with E-state index in [-0.39, 0.29) is 5.91 Å². The average molecular weight is 350 g/mol. The van der Waals surface area contributed by atoms with E-state index in [1.165, 1.54) is 0 Å². The van der Waals surface area contributed by atoms with E-state index in [4.69, 9.17) is 4.74 Å². The van der Waals surface area contributed by atoms with Crippen molar-refractivity contribution in [1.82, 2.24) is 15.5 Å². The summed E-state index contributed by atoms with van der Waals surface area (Å²) in [5.74, 6) is 0.575. The third kappa shape index (κ3) is 4.03. The number of carbonyl (C=O) groups excluding carboxylic acids is 1. The van der Waals surface area contributed by atoms with Gasteiger partial charge < -0.3 is 15.0 Å². The molecule has 3 rings (SSSR count). The summed E-state index contributed by atoms with van der Waals surface area (Å²) in [7, 11) is 3.62. The van der Waals surface area contributed by atoms with E-state index in [1.807, 2.05) is 61.6 Å². The second-order valence-electron chi connectivity index (χ2n) is 5.90. The van der Waals surface area contributed by atoms with E-state index in [2.05, 4.69) is 20.4 Å². The van der Waals surface area contributed by atoms with Crippen LogP contribution in [0.2, 0.25) is 0 Å². The Kier molecular flexibility index (Phi) is 5.53. The highest BCUT2D eigenvalue weighted by Gasteiger charge is 2.15. The molecule has 0 aliphatic heterocycles. The van der Waals surface area contributed by atoms with Crippen LogP contribution in [-0.4, -0.2) is 43.4 Å². The molecule has 1 amide bonds. The molecule has 3 aromatic rings. The first-order valence-corrected chi connectivity index (χ1v) is 8.41. The van der Waals surface area contributed by atoms with Gasteiger partial charge in [-0.05, 0) is 24.3 Å². The molecule has 0 radical (unpaired) electrons. The molecule has 134 valence electrons. The normalized spacial score (nSPS) is 10.4. The molecule has 0 aliphatic rings. The lowest BCUT2D eigenvalue weighted by Gasteiger charge is -2.19. The minimum Gasteiger partial charge on any atom is -0.497 e. The number of aromatic amines is 1. The van der Waals surface area contributed by atoms with Crippen LogP contribution in [0.1, 0.15) is 10.4 Å². The Labute approximate surface area is 152 Å². The predicted octanol–water partition coefficient (Wildman–Crippen LogP) is 2.95. The van der Waals surface area contributed by atoms with Crippen LogP contribution >= 0.6 is 0 Å². The Morgan fingerprint density at radius 3 is 2.77 bits per heavy atom. The highest BCUT2D eigenvalue weighted by molar-refractivity contribution is 5.99. The molecule has 0 spiro atoms. The van der Waals surface area contributed by atoms with Crippen LogP contribution < -0.4 is 15.0 Å². The fraction of sp³-hybridized carbons (Fsp3) is 0.200. The molecule has 0 unspecified atom stereocenters. The summed E-state index contributed by atoms with van der Waals surface area (Å²) in [5, 5.41) is 9.88. The van der Waals surface area contributed by atoms with Gasteiger partial charge in [0.05, 0.1) is 24.6 Å². The Morgan fingerprint density at radius 2 is 2.00 bits per heavy atom. The quantitative estimate of drug-likeness (QED) is 0.687. The first-order valence-electron chi connectivity index (χ1n) is 8.41. The van der Waals surface area contributed by atoms with E-state index in [9.17, 15) is 4.79 Å². The molecular weight excluding hydrogens is 328 g/mol. The fourth-order valence-electron chi connectivity index (χ4n) is 2.70. The van der Waals surface area contributed by atoms with Crippen molar-refractivity contribution < 1.29 is 9.53 Å². The molecule has 0 bridgehead atoms. The number of para-hydroxylation sites is 1. The molecule has 0 fully saturated rings. The molecule has 0 aliphatic carbocycles. The highest BCUT2D eigenvalue weighted by Crippen LogP contribution is 2.24. The van der Waals surface area contributed by atoms with Gasteiger partial charge in [0.15, 0.2) is 0 Å².